The van der Waals surface area contributed by atoms with Gasteiger partial charge in [-0.1, -0.05) is 0 Å². The number of benzene rings is 3. The molecule has 0 aliphatic heterocycles. The number of hydrogen-bond donors (Lipinski definition) is 0. The Morgan fingerprint density at radius 2 is 1.50 bits per heavy atom. The molecule has 9 heteroatoms. The van der Waals surface area contributed by atoms with Crippen LogP contribution in [0, 0.1) is 5.82 Å². The van der Waals surface area contributed by atoms with E-state index in [0.717, 1.165) is 0 Å². The minimum absolute atomic E-state index is 0.0978. The number of ether oxygens (including phenoxy) is 4. The molecule has 0 aliphatic carbocycles. The largest absolute Gasteiger partial charge is 0.497 e. The van der Waals surface area contributed by atoms with Crippen molar-refractivity contribution in [3.8, 4) is 28.7 Å². The molecule has 1 aromatic heterocycles. The van der Waals surface area contributed by atoms with Gasteiger partial charge >= 0.3 is 0 Å². The minimum Gasteiger partial charge on any atom is -0.497 e. The fourth-order valence-electron chi connectivity index (χ4n) is 4.01. The lowest BCUT2D eigenvalue weighted by molar-refractivity contribution is 0.0991. The van der Waals surface area contributed by atoms with Crippen LogP contribution in [0.2, 0.25) is 0 Å². The number of pyridine rings is 1. The van der Waals surface area contributed by atoms with E-state index in [4.69, 9.17) is 18.9 Å². The van der Waals surface area contributed by atoms with Crippen molar-refractivity contribution in [2.24, 2.45) is 0 Å². The lowest BCUT2D eigenvalue weighted by Gasteiger charge is -2.21. The number of methoxy groups -OCH3 is 4. The van der Waals surface area contributed by atoms with Crippen molar-refractivity contribution in [2.45, 2.75) is 0 Å². The zero-order valence-electron chi connectivity index (χ0n) is 20.5. The van der Waals surface area contributed by atoms with E-state index in [0.29, 0.717) is 28.4 Å². The van der Waals surface area contributed by atoms with Gasteiger partial charge in [0.05, 0.1) is 33.8 Å². The molecule has 0 unspecified atom stereocenters. The highest BCUT2D eigenvalue weighted by molar-refractivity contribution is 6.08. The maximum atomic E-state index is 13.7. The molecule has 0 radical (unpaired) electrons. The van der Waals surface area contributed by atoms with Crippen LogP contribution < -0.4 is 29.3 Å². The summed E-state index contributed by atoms with van der Waals surface area (Å²) < 4.78 is 37.0. The number of carbonyl (C=O) groups excluding carboxylic acids is 1. The normalized spacial score (nSPS) is 10.7. The van der Waals surface area contributed by atoms with E-state index in [1.807, 2.05) is 0 Å². The summed E-state index contributed by atoms with van der Waals surface area (Å²) >= 11 is 0. The molecular weight excluding hydrogens is 467 g/mol. The molecule has 3 aromatic carbocycles. The average Bonchev–Trinajstić information content (AvgIpc) is 2.92. The second-order valence-corrected chi connectivity index (χ2v) is 7.82. The SMILES string of the molecule is COc1ccc(-n2cc(C(=O)N(C)c3ccc(F)cc3)c(=O)c3cc(OC)c(OC)c(OC)c32)cc1. The van der Waals surface area contributed by atoms with Gasteiger partial charge in [-0.25, -0.2) is 4.39 Å². The standard InChI is InChI=1S/C27H25FN2O6/c1-29(17-8-6-16(28)7-9-17)27(32)21-15-30(18-10-12-19(33-2)13-11-18)23-20(24(21)31)14-22(34-3)25(35-4)26(23)36-5/h6-15H,1-5H3. The van der Waals surface area contributed by atoms with Gasteiger partial charge in [0.25, 0.3) is 5.91 Å². The third-order valence-corrected chi connectivity index (χ3v) is 5.89. The molecule has 0 atom stereocenters. The van der Waals surface area contributed by atoms with Gasteiger partial charge in [0.15, 0.2) is 11.5 Å². The first-order valence-corrected chi connectivity index (χ1v) is 10.9. The fraction of sp³-hybridized carbons (Fsp3) is 0.185. The lowest BCUT2D eigenvalue weighted by Crippen LogP contribution is -2.31. The van der Waals surface area contributed by atoms with Crippen LogP contribution in [0.3, 0.4) is 0 Å². The molecule has 0 spiro atoms. The number of amides is 1. The number of fused-ring (bicyclic) bond motifs is 1. The Bertz CT molecular complexity index is 1480. The van der Waals surface area contributed by atoms with Gasteiger partial charge in [-0.2, -0.15) is 0 Å². The van der Waals surface area contributed by atoms with Gasteiger partial charge in [-0.05, 0) is 54.6 Å². The molecular formula is C27H25FN2O6. The molecule has 1 amide bonds. The average molecular weight is 493 g/mol. The Labute approximate surface area is 207 Å². The molecule has 0 saturated heterocycles. The van der Waals surface area contributed by atoms with Crippen LogP contribution in [0.5, 0.6) is 23.0 Å². The van der Waals surface area contributed by atoms with Crippen LogP contribution in [0.25, 0.3) is 16.6 Å². The monoisotopic (exact) mass is 492 g/mol. The second-order valence-electron chi connectivity index (χ2n) is 7.82. The van der Waals surface area contributed by atoms with Crippen molar-refractivity contribution < 1.29 is 28.1 Å². The Balaban J connectivity index is 2.04. The summed E-state index contributed by atoms with van der Waals surface area (Å²) in [6.45, 7) is 0. The maximum Gasteiger partial charge on any atom is 0.263 e. The van der Waals surface area contributed by atoms with Gasteiger partial charge in [0.1, 0.15) is 22.6 Å². The third kappa shape index (κ3) is 4.19. The number of hydrogen-bond acceptors (Lipinski definition) is 6. The Morgan fingerprint density at radius 3 is 2.06 bits per heavy atom. The predicted octanol–water partition coefficient (Wildman–Crippen LogP) is 4.44. The first kappa shape index (κ1) is 24.6. The van der Waals surface area contributed by atoms with Crippen molar-refractivity contribution in [3.05, 3.63) is 82.4 Å². The van der Waals surface area contributed by atoms with Crippen molar-refractivity contribution in [1.82, 2.24) is 4.57 Å². The van der Waals surface area contributed by atoms with Gasteiger partial charge in [-0.3, -0.25) is 9.59 Å². The molecule has 0 fully saturated rings. The molecule has 36 heavy (non-hydrogen) atoms. The van der Waals surface area contributed by atoms with Gasteiger partial charge < -0.3 is 28.4 Å². The highest BCUT2D eigenvalue weighted by atomic mass is 19.1. The molecule has 8 nitrogen and oxygen atoms in total. The highest BCUT2D eigenvalue weighted by Crippen LogP contribution is 2.43. The second kappa shape index (κ2) is 9.99. The first-order valence-electron chi connectivity index (χ1n) is 10.9. The molecule has 4 aromatic rings. The number of nitrogens with zero attached hydrogens (tertiary/aromatic N) is 2. The van der Waals surface area contributed by atoms with Crippen LogP contribution >= 0.6 is 0 Å². The Kier molecular flexibility index (Phi) is 6.82. The Morgan fingerprint density at radius 1 is 0.861 bits per heavy atom. The van der Waals surface area contributed by atoms with Crippen molar-refractivity contribution in [2.75, 3.05) is 40.4 Å². The summed E-state index contributed by atoms with van der Waals surface area (Å²) in [6, 6.07) is 14.0. The molecule has 0 bridgehead atoms. The van der Waals surface area contributed by atoms with E-state index in [2.05, 4.69) is 0 Å². The van der Waals surface area contributed by atoms with Crippen LogP contribution in [0.15, 0.2) is 65.6 Å². The van der Waals surface area contributed by atoms with Gasteiger partial charge in [0.2, 0.25) is 11.2 Å². The van der Waals surface area contributed by atoms with E-state index < -0.39 is 17.2 Å². The van der Waals surface area contributed by atoms with Crippen LogP contribution in [0.1, 0.15) is 10.4 Å². The smallest absolute Gasteiger partial charge is 0.263 e. The summed E-state index contributed by atoms with van der Waals surface area (Å²) in [4.78, 5) is 28.5. The number of aromatic nitrogens is 1. The Hall–Kier alpha value is -4.53. The summed E-state index contributed by atoms with van der Waals surface area (Å²) in [5, 5.41) is 0.193. The maximum absolute atomic E-state index is 13.7. The van der Waals surface area contributed by atoms with Crippen LogP contribution in [0.4, 0.5) is 10.1 Å². The van der Waals surface area contributed by atoms with E-state index in [-0.39, 0.29) is 22.4 Å². The minimum atomic E-state index is -0.565. The van der Waals surface area contributed by atoms with E-state index in [1.165, 1.54) is 69.8 Å². The number of halogens is 1. The highest BCUT2D eigenvalue weighted by Gasteiger charge is 2.26. The van der Waals surface area contributed by atoms with E-state index in [9.17, 15) is 14.0 Å². The molecule has 1 heterocycles. The van der Waals surface area contributed by atoms with E-state index >= 15 is 0 Å². The van der Waals surface area contributed by atoms with Crippen molar-refractivity contribution in [3.63, 3.8) is 0 Å². The zero-order chi connectivity index (χ0) is 26.0. The number of anilines is 1. The summed E-state index contributed by atoms with van der Waals surface area (Å²) in [5.74, 6) is 0.492. The fourth-order valence-corrected chi connectivity index (χ4v) is 4.01. The number of carbonyl (C=O) groups is 1. The lowest BCUT2D eigenvalue weighted by atomic mass is 10.1. The van der Waals surface area contributed by atoms with Gasteiger partial charge in [-0.15, -0.1) is 0 Å². The van der Waals surface area contributed by atoms with Gasteiger partial charge in [0, 0.05) is 24.6 Å². The topological polar surface area (TPSA) is 79.2 Å². The van der Waals surface area contributed by atoms with Crippen molar-refractivity contribution >= 4 is 22.5 Å². The molecule has 0 aliphatic rings. The molecule has 0 N–H and O–H groups in total. The summed E-state index contributed by atoms with van der Waals surface area (Å²) in [7, 11) is 7.46. The molecule has 4 rings (SSSR count). The van der Waals surface area contributed by atoms with Crippen LogP contribution in [-0.2, 0) is 0 Å². The zero-order valence-corrected chi connectivity index (χ0v) is 20.5. The van der Waals surface area contributed by atoms with E-state index in [1.54, 1.807) is 35.9 Å². The molecule has 0 saturated carbocycles. The summed E-state index contributed by atoms with van der Waals surface area (Å²) in [6.07, 6.45) is 1.46. The quantitative estimate of drug-likeness (QED) is 0.380. The third-order valence-electron chi connectivity index (χ3n) is 5.89. The summed E-state index contributed by atoms with van der Waals surface area (Å²) in [5.41, 5.74) is 0.852. The first-order chi connectivity index (χ1) is 17.3. The molecule has 186 valence electrons. The van der Waals surface area contributed by atoms with Crippen LogP contribution in [-0.4, -0.2) is 46.0 Å². The predicted molar refractivity (Wildman–Crippen MR) is 135 cm³/mol. The van der Waals surface area contributed by atoms with Crippen molar-refractivity contribution in [1.29, 1.82) is 0 Å². The number of rotatable bonds is 7.